The molecule has 1 saturated carbocycles. The molecule has 7 nitrogen and oxygen atoms in total. The van der Waals surface area contributed by atoms with Crippen molar-refractivity contribution in [3.8, 4) is 0 Å². The van der Waals surface area contributed by atoms with Gasteiger partial charge in [-0.15, -0.1) is 0 Å². The summed E-state index contributed by atoms with van der Waals surface area (Å²) in [7, 11) is 1.93. The summed E-state index contributed by atoms with van der Waals surface area (Å²) in [4.78, 5) is 26.8. The number of aromatic nitrogens is 2. The molecule has 29 heavy (non-hydrogen) atoms. The Labute approximate surface area is 171 Å². The number of para-hydroxylation sites is 1. The molecule has 2 amide bonds. The molecule has 2 fully saturated rings. The molecule has 0 radical (unpaired) electrons. The molecule has 0 spiro atoms. The molecule has 1 unspecified atom stereocenters. The molecule has 1 aliphatic carbocycles. The van der Waals surface area contributed by atoms with Crippen molar-refractivity contribution in [3.63, 3.8) is 0 Å². The van der Waals surface area contributed by atoms with Crippen LogP contribution in [-0.2, 0) is 16.6 Å². The third-order valence-electron chi connectivity index (χ3n) is 6.01. The summed E-state index contributed by atoms with van der Waals surface area (Å²) < 4.78 is 7.32. The van der Waals surface area contributed by atoms with Crippen LogP contribution in [0, 0.1) is 24.7 Å². The van der Waals surface area contributed by atoms with Crippen LogP contribution in [0.25, 0.3) is 10.9 Å². The molecule has 2 heterocycles. The highest BCUT2D eigenvalue weighted by atomic mass is 16.6. The number of aryl methyl sites for hydroxylation is 2. The van der Waals surface area contributed by atoms with E-state index in [2.05, 4.69) is 29.5 Å². The van der Waals surface area contributed by atoms with Crippen LogP contribution in [0.4, 0.5) is 4.79 Å². The Morgan fingerprint density at radius 3 is 2.52 bits per heavy atom. The summed E-state index contributed by atoms with van der Waals surface area (Å²) in [6, 6.07) is 5.97. The summed E-state index contributed by atoms with van der Waals surface area (Å²) in [5, 5.41) is 8.88. The Hall–Kier alpha value is -2.57. The number of hydrogen-bond acceptors (Lipinski definition) is 4. The average molecular weight is 399 g/mol. The first-order valence-corrected chi connectivity index (χ1v) is 10.3. The summed E-state index contributed by atoms with van der Waals surface area (Å²) in [6.07, 6.45) is -0.285. The number of rotatable bonds is 3. The third kappa shape index (κ3) is 3.58. The molecule has 1 aromatic carbocycles. The van der Waals surface area contributed by atoms with Gasteiger partial charge in [0.2, 0.25) is 5.91 Å². The second kappa shape index (κ2) is 6.75. The average Bonchev–Trinajstić information content (AvgIpc) is 2.95. The van der Waals surface area contributed by atoms with Crippen LogP contribution >= 0.6 is 0 Å². The number of fused-ring (bicyclic) bond motifs is 2. The molecule has 2 aromatic rings. The van der Waals surface area contributed by atoms with Crippen LogP contribution in [-0.4, -0.2) is 45.4 Å². The first kappa shape index (κ1) is 19.7. The second-order valence-corrected chi connectivity index (χ2v) is 9.45. The smallest absolute Gasteiger partial charge is 0.410 e. The van der Waals surface area contributed by atoms with Gasteiger partial charge >= 0.3 is 6.09 Å². The molecule has 4 rings (SSSR count). The first-order chi connectivity index (χ1) is 13.6. The lowest BCUT2D eigenvalue weighted by atomic mass is 10.1. The zero-order valence-electron chi connectivity index (χ0n) is 18.0. The van der Waals surface area contributed by atoms with Gasteiger partial charge in [0.05, 0.1) is 17.3 Å². The largest absolute Gasteiger partial charge is 0.444 e. The van der Waals surface area contributed by atoms with E-state index in [0.29, 0.717) is 13.1 Å². The Bertz CT molecular complexity index is 962. The molecule has 1 aromatic heterocycles. The van der Waals surface area contributed by atoms with Crippen molar-refractivity contribution >= 4 is 22.9 Å². The minimum absolute atomic E-state index is 0.0205. The SMILES string of the molecule is Cc1cccc2c(C(C)NC(=O)[C@H]3[C@@H]4CN(C(=O)OC(C)(C)C)C[C@@H]43)nn(C)c12. The highest BCUT2D eigenvalue weighted by Crippen LogP contribution is 2.52. The number of carbonyl (C=O) groups is 2. The van der Waals surface area contributed by atoms with E-state index in [0.717, 1.165) is 16.6 Å². The minimum atomic E-state index is -0.500. The lowest BCUT2D eigenvalue weighted by Gasteiger charge is -2.26. The van der Waals surface area contributed by atoms with E-state index in [9.17, 15) is 9.59 Å². The Balaban J connectivity index is 1.38. The number of amides is 2. The van der Waals surface area contributed by atoms with Crippen LogP contribution in [0.3, 0.4) is 0 Å². The van der Waals surface area contributed by atoms with Gasteiger partial charge in [-0.05, 0) is 52.0 Å². The predicted molar refractivity (Wildman–Crippen MR) is 110 cm³/mol. The Morgan fingerprint density at radius 2 is 1.90 bits per heavy atom. The standard InChI is InChI=1S/C22H30N4O3/c1-12-8-7-9-14-18(24-25(6)19(12)14)13(2)23-20(27)17-15-10-26(11-16(15)17)21(28)29-22(3,4)5/h7-9,13,15-17H,10-11H2,1-6H3,(H,23,27)/t13?,15-,16+,17+. The number of nitrogens with one attached hydrogen (secondary N) is 1. The van der Waals surface area contributed by atoms with Crippen LogP contribution in [0.2, 0.25) is 0 Å². The zero-order chi connectivity index (χ0) is 21.1. The molecule has 7 heteroatoms. The van der Waals surface area contributed by atoms with Gasteiger partial charge in [0.25, 0.3) is 0 Å². The molecule has 1 saturated heterocycles. The maximum absolute atomic E-state index is 12.8. The zero-order valence-corrected chi connectivity index (χ0v) is 18.0. The van der Waals surface area contributed by atoms with Crippen LogP contribution in [0.5, 0.6) is 0 Å². The van der Waals surface area contributed by atoms with E-state index in [4.69, 9.17) is 4.74 Å². The molecule has 1 aliphatic heterocycles. The number of likely N-dealkylation sites (tertiary alicyclic amines) is 1. The van der Waals surface area contributed by atoms with Gasteiger partial charge in [-0.1, -0.05) is 18.2 Å². The van der Waals surface area contributed by atoms with Crippen LogP contribution in [0.1, 0.15) is 45.0 Å². The maximum Gasteiger partial charge on any atom is 0.410 e. The highest BCUT2D eigenvalue weighted by Gasteiger charge is 2.60. The highest BCUT2D eigenvalue weighted by molar-refractivity contribution is 5.87. The molecule has 2 aliphatic rings. The van der Waals surface area contributed by atoms with Gasteiger partial charge in [0, 0.05) is 31.4 Å². The fraction of sp³-hybridized carbons (Fsp3) is 0.591. The van der Waals surface area contributed by atoms with Gasteiger partial charge < -0.3 is 15.0 Å². The van der Waals surface area contributed by atoms with Crippen molar-refractivity contribution in [2.24, 2.45) is 24.8 Å². The van der Waals surface area contributed by atoms with Crippen molar-refractivity contribution in [1.29, 1.82) is 0 Å². The topological polar surface area (TPSA) is 76.5 Å². The van der Waals surface area contributed by atoms with Gasteiger partial charge in [0.15, 0.2) is 0 Å². The fourth-order valence-electron chi connectivity index (χ4n) is 4.65. The number of benzene rings is 1. The minimum Gasteiger partial charge on any atom is -0.444 e. The van der Waals surface area contributed by atoms with Crippen molar-refractivity contribution < 1.29 is 14.3 Å². The number of carbonyl (C=O) groups excluding carboxylic acids is 2. The lowest BCUT2D eigenvalue weighted by Crippen LogP contribution is -2.39. The molecule has 1 N–H and O–H groups in total. The van der Waals surface area contributed by atoms with E-state index < -0.39 is 5.60 Å². The number of piperidine rings is 1. The number of ether oxygens (including phenoxy) is 1. The van der Waals surface area contributed by atoms with Gasteiger partial charge in [-0.2, -0.15) is 5.10 Å². The van der Waals surface area contributed by atoms with E-state index >= 15 is 0 Å². The maximum atomic E-state index is 12.8. The van der Waals surface area contributed by atoms with Crippen molar-refractivity contribution in [1.82, 2.24) is 20.0 Å². The molecule has 4 atom stereocenters. The Kier molecular flexibility index (Phi) is 4.59. The van der Waals surface area contributed by atoms with Gasteiger partial charge in [0.1, 0.15) is 5.60 Å². The van der Waals surface area contributed by atoms with E-state index in [1.165, 1.54) is 5.56 Å². The van der Waals surface area contributed by atoms with Gasteiger partial charge in [-0.25, -0.2) is 4.79 Å². The summed E-state index contributed by atoms with van der Waals surface area (Å²) in [5.41, 5.74) is 2.65. The monoisotopic (exact) mass is 398 g/mol. The second-order valence-electron chi connectivity index (χ2n) is 9.45. The summed E-state index contributed by atoms with van der Waals surface area (Å²) >= 11 is 0. The first-order valence-electron chi connectivity index (χ1n) is 10.3. The lowest BCUT2D eigenvalue weighted by molar-refractivity contribution is -0.124. The Morgan fingerprint density at radius 1 is 1.24 bits per heavy atom. The normalized spacial score (nSPS) is 24.3. The molecule has 0 bridgehead atoms. The van der Waals surface area contributed by atoms with Crippen molar-refractivity contribution in [2.75, 3.05) is 13.1 Å². The molecular formula is C22H30N4O3. The van der Waals surface area contributed by atoms with Crippen molar-refractivity contribution in [3.05, 3.63) is 29.5 Å². The van der Waals surface area contributed by atoms with E-state index in [1.807, 2.05) is 45.5 Å². The predicted octanol–water partition coefficient (Wildman–Crippen LogP) is 3.17. The fourth-order valence-corrected chi connectivity index (χ4v) is 4.65. The number of nitrogens with zero attached hydrogens (tertiary/aromatic N) is 3. The van der Waals surface area contributed by atoms with Crippen LogP contribution < -0.4 is 5.32 Å². The van der Waals surface area contributed by atoms with Crippen molar-refractivity contribution in [2.45, 2.75) is 46.3 Å². The molecule has 156 valence electrons. The number of hydrogen-bond donors (Lipinski definition) is 1. The van der Waals surface area contributed by atoms with E-state index in [1.54, 1.807) is 4.90 Å². The quantitative estimate of drug-likeness (QED) is 0.862. The third-order valence-corrected chi connectivity index (χ3v) is 6.01. The molecular weight excluding hydrogens is 368 g/mol. The van der Waals surface area contributed by atoms with Gasteiger partial charge in [-0.3, -0.25) is 9.48 Å². The summed E-state index contributed by atoms with van der Waals surface area (Å²) in [6.45, 7) is 10.8. The van der Waals surface area contributed by atoms with Crippen LogP contribution in [0.15, 0.2) is 18.2 Å². The summed E-state index contributed by atoms with van der Waals surface area (Å²) in [5.74, 6) is 0.505. The van der Waals surface area contributed by atoms with E-state index in [-0.39, 0.29) is 35.8 Å².